The van der Waals surface area contributed by atoms with E-state index in [1.807, 2.05) is 17.0 Å². The molecule has 152 valence electrons. The van der Waals surface area contributed by atoms with E-state index in [9.17, 15) is 4.79 Å². The molecular weight excluding hydrogens is 392 g/mol. The van der Waals surface area contributed by atoms with Gasteiger partial charge in [0.1, 0.15) is 0 Å². The van der Waals surface area contributed by atoms with Crippen LogP contribution in [0.4, 0.5) is 5.95 Å². The number of hydrogen-bond donors (Lipinski definition) is 0. The number of benzene rings is 1. The van der Waals surface area contributed by atoms with Crippen molar-refractivity contribution in [2.45, 2.75) is 13.1 Å². The van der Waals surface area contributed by atoms with Crippen LogP contribution in [0, 0.1) is 11.3 Å². The van der Waals surface area contributed by atoms with Crippen LogP contribution in [-0.4, -0.2) is 76.9 Å². The molecule has 0 unspecified atom stereocenters. The molecule has 6 rings (SSSR count). The number of halogens is 1. The summed E-state index contributed by atoms with van der Waals surface area (Å²) in [7, 11) is 2.08. The van der Waals surface area contributed by atoms with Gasteiger partial charge in [-0.2, -0.15) is 0 Å². The van der Waals surface area contributed by atoms with E-state index in [2.05, 4.69) is 37.7 Å². The molecule has 2 aromatic rings. The third-order valence-electron chi connectivity index (χ3n) is 6.53. The normalized spacial score (nSPS) is 23.0. The lowest BCUT2D eigenvalue weighted by atomic mass is 9.72. The van der Waals surface area contributed by atoms with Crippen LogP contribution < -0.4 is 4.90 Å². The molecule has 0 saturated carbocycles. The average Bonchev–Trinajstić information content (AvgIpc) is 2.88. The Bertz CT molecular complexity index is 989. The highest BCUT2D eigenvalue weighted by atomic mass is 35.5. The second kappa shape index (κ2) is 6.17. The Kier molecular flexibility index (Phi) is 3.76. The van der Waals surface area contributed by atoms with E-state index < -0.39 is 0 Å². The number of likely N-dealkylation sites (tertiary alicyclic amines) is 1. The maximum atomic E-state index is 12.4. The first-order chi connectivity index (χ1) is 14.0. The van der Waals surface area contributed by atoms with Crippen molar-refractivity contribution in [2.24, 2.45) is 11.3 Å². The molecule has 3 fully saturated rings. The Morgan fingerprint density at radius 2 is 1.97 bits per heavy atom. The standard InChI is InChI=1S/C20H23ClN6O2/c1-24-5-13-4-15(21)2-3-16(13)27-17(6-24)22-23-19(27)26-11-20(12-26)9-25(10-20)18(28)14-7-29-8-14/h2-4,14H,5-12H2,1H3. The molecule has 0 aliphatic carbocycles. The molecule has 1 amide bonds. The van der Waals surface area contributed by atoms with Crippen LogP contribution in [0.3, 0.4) is 0 Å². The number of nitrogens with zero attached hydrogens (tertiary/aromatic N) is 6. The van der Waals surface area contributed by atoms with Gasteiger partial charge >= 0.3 is 0 Å². The van der Waals surface area contributed by atoms with Gasteiger partial charge in [0.05, 0.1) is 31.4 Å². The van der Waals surface area contributed by atoms with Crippen molar-refractivity contribution in [3.05, 3.63) is 34.6 Å². The highest BCUT2D eigenvalue weighted by Crippen LogP contribution is 2.43. The second-order valence-corrected chi connectivity index (χ2v) is 9.42. The monoisotopic (exact) mass is 414 g/mol. The smallest absolute Gasteiger partial charge is 0.231 e. The van der Waals surface area contributed by atoms with Gasteiger partial charge in [0.15, 0.2) is 5.82 Å². The molecule has 4 aliphatic heterocycles. The molecule has 0 bridgehead atoms. The van der Waals surface area contributed by atoms with Crippen molar-refractivity contribution in [2.75, 3.05) is 51.3 Å². The number of aromatic nitrogens is 3. The summed E-state index contributed by atoms with van der Waals surface area (Å²) in [5, 5.41) is 9.76. The Morgan fingerprint density at radius 1 is 1.17 bits per heavy atom. The largest absolute Gasteiger partial charge is 0.380 e. The minimum Gasteiger partial charge on any atom is -0.380 e. The number of hydrogen-bond acceptors (Lipinski definition) is 6. The van der Waals surface area contributed by atoms with Gasteiger partial charge in [0.25, 0.3) is 0 Å². The quantitative estimate of drug-likeness (QED) is 0.734. The molecule has 3 saturated heterocycles. The summed E-state index contributed by atoms with van der Waals surface area (Å²) in [5.74, 6) is 2.17. The Balaban J connectivity index is 1.22. The van der Waals surface area contributed by atoms with Crippen LogP contribution in [0.5, 0.6) is 0 Å². The van der Waals surface area contributed by atoms with Crippen LogP contribution >= 0.6 is 11.6 Å². The van der Waals surface area contributed by atoms with Crippen molar-refractivity contribution in [1.82, 2.24) is 24.6 Å². The minimum atomic E-state index is 0.0797. The summed E-state index contributed by atoms with van der Waals surface area (Å²) in [5.41, 5.74) is 2.49. The number of fused-ring (bicyclic) bond motifs is 3. The van der Waals surface area contributed by atoms with Gasteiger partial charge in [-0.25, -0.2) is 0 Å². The highest BCUT2D eigenvalue weighted by molar-refractivity contribution is 6.30. The van der Waals surface area contributed by atoms with E-state index >= 15 is 0 Å². The highest BCUT2D eigenvalue weighted by Gasteiger charge is 2.55. The van der Waals surface area contributed by atoms with Gasteiger partial charge in [-0.05, 0) is 30.8 Å². The first kappa shape index (κ1) is 17.7. The lowest BCUT2D eigenvalue weighted by molar-refractivity contribution is -0.163. The van der Waals surface area contributed by atoms with Crippen molar-refractivity contribution < 1.29 is 9.53 Å². The summed E-state index contributed by atoms with van der Waals surface area (Å²) in [6.45, 7) is 6.23. The zero-order valence-electron chi connectivity index (χ0n) is 16.3. The number of rotatable bonds is 2. The van der Waals surface area contributed by atoms with Crippen molar-refractivity contribution >= 4 is 23.5 Å². The van der Waals surface area contributed by atoms with E-state index in [4.69, 9.17) is 16.3 Å². The molecule has 1 aromatic carbocycles. The third kappa shape index (κ3) is 2.69. The fraction of sp³-hybridized carbons (Fsp3) is 0.550. The van der Waals surface area contributed by atoms with Gasteiger partial charge in [0.2, 0.25) is 11.9 Å². The maximum absolute atomic E-state index is 12.4. The fourth-order valence-corrected chi connectivity index (χ4v) is 5.20. The fourth-order valence-electron chi connectivity index (χ4n) is 5.01. The van der Waals surface area contributed by atoms with Crippen molar-refractivity contribution in [3.63, 3.8) is 0 Å². The summed E-state index contributed by atoms with van der Waals surface area (Å²) >= 11 is 6.25. The zero-order valence-corrected chi connectivity index (χ0v) is 17.1. The molecule has 0 atom stereocenters. The van der Waals surface area contributed by atoms with Crippen LogP contribution in [0.15, 0.2) is 18.2 Å². The SMILES string of the molecule is CN1Cc2cc(Cl)ccc2-n2c(nnc2N2CC3(CN(C(=O)C4COC4)C3)C2)C1. The molecule has 9 heteroatoms. The van der Waals surface area contributed by atoms with Crippen LogP contribution in [-0.2, 0) is 22.6 Å². The summed E-state index contributed by atoms with van der Waals surface area (Å²) in [6, 6.07) is 6.02. The minimum absolute atomic E-state index is 0.0797. The molecule has 0 N–H and O–H groups in total. The topological polar surface area (TPSA) is 66.7 Å². The Hall–Kier alpha value is -2.16. The predicted molar refractivity (Wildman–Crippen MR) is 107 cm³/mol. The molecule has 1 spiro atoms. The van der Waals surface area contributed by atoms with E-state index in [0.717, 1.165) is 61.8 Å². The summed E-state index contributed by atoms with van der Waals surface area (Å²) < 4.78 is 7.33. The Labute approximate surface area is 174 Å². The molecule has 1 aromatic heterocycles. The predicted octanol–water partition coefficient (Wildman–Crippen LogP) is 1.16. The third-order valence-corrected chi connectivity index (χ3v) is 6.77. The molecule has 5 heterocycles. The van der Waals surface area contributed by atoms with Gasteiger partial charge in [-0.1, -0.05) is 11.6 Å². The molecular formula is C20H23ClN6O2. The molecule has 8 nitrogen and oxygen atoms in total. The Morgan fingerprint density at radius 3 is 2.69 bits per heavy atom. The van der Waals surface area contributed by atoms with Gasteiger partial charge in [-0.3, -0.25) is 14.3 Å². The molecule has 29 heavy (non-hydrogen) atoms. The number of carbonyl (C=O) groups excluding carboxylic acids is 1. The number of carbonyl (C=O) groups is 1. The number of ether oxygens (including phenoxy) is 1. The number of anilines is 1. The van der Waals surface area contributed by atoms with E-state index in [-0.39, 0.29) is 17.2 Å². The lowest BCUT2D eigenvalue weighted by Gasteiger charge is -2.60. The zero-order chi connectivity index (χ0) is 19.8. The first-order valence-electron chi connectivity index (χ1n) is 10.0. The van der Waals surface area contributed by atoms with Crippen LogP contribution in [0.1, 0.15) is 11.4 Å². The van der Waals surface area contributed by atoms with Gasteiger partial charge in [0, 0.05) is 43.2 Å². The lowest BCUT2D eigenvalue weighted by Crippen LogP contribution is -2.74. The second-order valence-electron chi connectivity index (χ2n) is 8.98. The van der Waals surface area contributed by atoms with Gasteiger partial charge < -0.3 is 14.5 Å². The molecule has 4 aliphatic rings. The van der Waals surface area contributed by atoms with Crippen LogP contribution in [0.2, 0.25) is 5.02 Å². The van der Waals surface area contributed by atoms with E-state index in [0.29, 0.717) is 13.2 Å². The average molecular weight is 415 g/mol. The first-order valence-corrected chi connectivity index (χ1v) is 10.4. The van der Waals surface area contributed by atoms with Crippen molar-refractivity contribution in [3.8, 4) is 5.69 Å². The van der Waals surface area contributed by atoms with Crippen LogP contribution in [0.25, 0.3) is 5.69 Å². The maximum Gasteiger partial charge on any atom is 0.231 e. The van der Waals surface area contributed by atoms with Crippen molar-refractivity contribution in [1.29, 1.82) is 0 Å². The van der Waals surface area contributed by atoms with E-state index in [1.165, 1.54) is 5.56 Å². The van der Waals surface area contributed by atoms with E-state index in [1.54, 1.807) is 0 Å². The number of amides is 1. The van der Waals surface area contributed by atoms with Gasteiger partial charge in [-0.15, -0.1) is 10.2 Å². The summed E-state index contributed by atoms with van der Waals surface area (Å²) in [4.78, 5) is 18.9. The molecule has 0 radical (unpaired) electrons. The summed E-state index contributed by atoms with van der Waals surface area (Å²) in [6.07, 6.45) is 0.